The Morgan fingerprint density at radius 1 is 0.737 bits per heavy atom. The molecule has 0 aliphatic carbocycles. The molecule has 2 fully saturated rings. The lowest BCUT2D eigenvalue weighted by molar-refractivity contribution is -0.890. The molecule has 5 aromatic carbocycles. The molecule has 0 unspecified atom stereocenters. The molecule has 7 aliphatic rings. The summed E-state index contributed by atoms with van der Waals surface area (Å²) in [5.41, 5.74) is 8.74. The van der Waals surface area contributed by atoms with E-state index in [1.165, 1.54) is 45.2 Å². The van der Waals surface area contributed by atoms with E-state index < -0.39 is 232 Å². The lowest BCUT2D eigenvalue weighted by Gasteiger charge is -2.47. The number of carbonyl (C=O) groups is 9. The van der Waals surface area contributed by atoms with Crippen molar-refractivity contribution in [2.75, 3.05) is 47.4 Å². The van der Waals surface area contributed by atoms with Crippen molar-refractivity contribution in [3.8, 4) is 57.1 Å². The van der Waals surface area contributed by atoms with Gasteiger partial charge in [-0.25, -0.2) is 0 Å². The summed E-state index contributed by atoms with van der Waals surface area (Å²) in [6, 6.07) is 0.616. The van der Waals surface area contributed by atoms with Crippen molar-refractivity contribution < 1.29 is 140 Å². The van der Waals surface area contributed by atoms with Crippen LogP contribution in [0.5, 0.6) is 46.0 Å². The van der Waals surface area contributed by atoms with Crippen LogP contribution in [0.15, 0.2) is 78.9 Å². The minimum atomic E-state index is -5.19. The molecule has 118 heavy (non-hydrogen) atoms. The van der Waals surface area contributed by atoms with Crippen molar-refractivity contribution >= 4 is 76.4 Å². The van der Waals surface area contributed by atoms with Crippen LogP contribution in [0.3, 0.4) is 0 Å². The van der Waals surface area contributed by atoms with Crippen LogP contribution in [0, 0.1) is 5.92 Å². The number of fused-ring (bicyclic) bond motifs is 15. The predicted molar refractivity (Wildman–Crippen MR) is 407 cm³/mol. The van der Waals surface area contributed by atoms with Gasteiger partial charge >= 0.3 is 6.18 Å². The van der Waals surface area contributed by atoms with Crippen LogP contribution in [0.25, 0.3) is 11.1 Å². The number of nitrogens with one attached hydrogen (secondary N) is 8. The van der Waals surface area contributed by atoms with E-state index in [9.17, 15) is 78.3 Å². The van der Waals surface area contributed by atoms with Crippen molar-refractivity contribution in [2.45, 2.75) is 189 Å². The molecule has 0 spiro atoms. The monoisotopic (exact) mass is 1700 g/mol. The Morgan fingerprint density at radius 2 is 1.32 bits per heavy atom. The first-order chi connectivity index (χ1) is 55.3. The molecule has 5 aromatic rings. The number of nitrogens with two attached hydrogens (primary N) is 2. The number of aliphatic carboxylic acids is 1. The first kappa shape index (κ1) is 91.9. The second-order valence-electron chi connectivity index (χ2n) is 30.5. The van der Waals surface area contributed by atoms with Gasteiger partial charge in [0.1, 0.15) is 101 Å². The van der Waals surface area contributed by atoms with Gasteiger partial charge in [0.25, 0.3) is 0 Å². The number of carboxylic acids is 1. The number of primary amides is 1. The van der Waals surface area contributed by atoms with E-state index in [4.69, 9.17) is 73.0 Å². The number of likely N-dealkylation sites (N-methyl/N-ethyl adjacent to an activating group) is 1. The number of unbranched alkanes of at least 4 members (excludes halogenated alkanes) is 1. The Bertz CT molecular complexity index is 4570. The van der Waals surface area contributed by atoms with Gasteiger partial charge in [-0.15, -0.1) is 0 Å². The highest BCUT2D eigenvalue weighted by atomic mass is 35.5. The first-order valence-electron chi connectivity index (χ1n) is 37.5. The van der Waals surface area contributed by atoms with Crippen LogP contribution in [0.2, 0.25) is 10.0 Å². The van der Waals surface area contributed by atoms with E-state index in [-0.39, 0.29) is 69.6 Å². The number of carbonyl (C=O) groups excluding carboxylic acids is 9. The Balaban J connectivity index is 0.00000217. The van der Waals surface area contributed by atoms with Gasteiger partial charge in [0.15, 0.2) is 23.9 Å². The summed E-state index contributed by atoms with van der Waals surface area (Å²) >= 11 is 14.3. The van der Waals surface area contributed by atoms with Crippen LogP contribution in [0.4, 0.5) is 13.2 Å². The molecule has 12 rings (SSSR count). The third kappa shape index (κ3) is 21.9. The van der Waals surface area contributed by atoms with Gasteiger partial charge in [-0.2, -0.15) is 13.2 Å². The third-order valence-corrected chi connectivity index (χ3v) is 21.0. The minimum absolute atomic E-state index is 0.0320. The van der Waals surface area contributed by atoms with E-state index >= 15 is 19.2 Å². The topological polar surface area (TPSA) is 562 Å². The highest BCUT2D eigenvalue weighted by Gasteiger charge is 2.52. The number of ether oxygens (including phenoxy) is 6. The second kappa shape index (κ2) is 38.4. The van der Waals surface area contributed by atoms with Crippen LogP contribution in [-0.4, -0.2) is 236 Å². The smallest absolute Gasteiger partial charge is 0.430 e. The van der Waals surface area contributed by atoms with E-state index in [0.29, 0.717) is 17.4 Å². The van der Waals surface area contributed by atoms with E-state index in [0.717, 1.165) is 74.0 Å². The number of aliphatic hydroxyl groups is 6. The fourth-order valence-electron chi connectivity index (χ4n) is 14.0. The van der Waals surface area contributed by atoms with Crippen molar-refractivity contribution in [1.82, 2.24) is 42.5 Å². The molecule has 18 atom stereocenters. The number of phenols is 3. The van der Waals surface area contributed by atoms with Gasteiger partial charge < -0.3 is 143 Å². The van der Waals surface area contributed by atoms with Crippen LogP contribution < -0.4 is 73.3 Å². The third-order valence-electron chi connectivity index (χ3n) is 20.4. The summed E-state index contributed by atoms with van der Waals surface area (Å²) in [6.45, 7) is 9.23. The lowest BCUT2D eigenvalue weighted by Crippen LogP contribution is -2.64. The maximum atomic E-state index is 16.2. The van der Waals surface area contributed by atoms with Gasteiger partial charge in [-0.1, -0.05) is 68.6 Å². The molecule has 0 aromatic heterocycles. The molecule has 2 saturated heterocycles. The number of aromatic hydroxyl groups is 3. The summed E-state index contributed by atoms with van der Waals surface area (Å²) in [7, 11) is 5.54. The summed E-state index contributed by atoms with van der Waals surface area (Å²) in [4.78, 5) is 129. The Hall–Kier alpha value is -9.98. The number of halogens is 5. The van der Waals surface area contributed by atoms with Gasteiger partial charge in [-0.05, 0) is 122 Å². The molecule has 644 valence electrons. The summed E-state index contributed by atoms with van der Waals surface area (Å²) in [6.07, 6.45) is -21.3. The molecule has 7 aliphatic heterocycles. The van der Waals surface area contributed by atoms with Gasteiger partial charge in [0, 0.05) is 42.1 Å². The van der Waals surface area contributed by atoms with E-state index in [2.05, 4.69) is 49.5 Å². The van der Waals surface area contributed by atoms with E-state index in [1.54, 1.807) is 0 Å². The van der Waals surface area contributed by atoms with Crippen molar-refractivity contribution in [2.24, 2.45) is 17.4 Å². The summed E-state index contributed by atoms with van der Waals surface area (Å²) in [5, 5.41) is 134. The maximum absolute atomic E-state index is 16.2. The number of rotatable bonds is 20. The number of hydrogen-bond donors (Lipinski definition) is 19. The molecule has 21 N–H and O–H groups in total. The second-order valence-corrected chi connectivity index (χ2v) is 31.4. The molecule has 0 saturated carbocycles. The average Bonchev–Trinajstić information content (AvgIpc) is 0.765. The quantitative estimate of drug-likeness (QED) is 0.0377. The Labute approximate surface area is 683 Å². The fourth-order valence-corrected chi connectivity index (χ4v) is 14.5. The fraction of sp³-hybridized carbons (Fsp3) is 0.494. The number of carboxylic acid groups (broad SMARTS) is 1. The largest absolute Gasteiger partial charge is 0.542 e. The molecular formula is C77H96Cl2F3N11O25. The Morgan fingerprint density at radius 3 is 1.89 bits per heavy atom. The molecule has 41 heteroatoms. The zero-order valence-electron chi connectivity index (χ0n) is 65.0. The minimum Gasteiger partial charge on any atom is -0.542 e. The Kier molecular flexibility index (Phi) is 29.9. The van der Waals surface area contributed by atoms with Crippen molar-refractivity contribution in [3.63, 3.8) is 0 Å². The first-order valence-corrected chi connectivity index (χ1v) is 38.2. The zero-order chi connectivity index (χ0) is 87.1. The molecule has 8 amide bonds. The number of nitrogens with zero attached hydrogens (tertiary/aromatic N) is 1. The number of hydrogen-bond acceptors (Lipinski definition) is 27. The number of amides is 8. The molecule has 0 radical (unpaired) electrons. The van der Waals surface area contributed by atoms with Crippen molar-refractivity contribution in [3.05, 3.63) is 117 Å². The van der Waals surface area contributed by atoms with Crippen LogP contribution in [0.1, 0.15) is 131 Å². The number of aliphatic hydroxyl groups excluding tert-OH is 6. The van der Waals surface area contributed by atoms with Crippen LogP contribution >= 0.6 is 23.2 Å². The highest BCUT2D eigenvalue weighted by Crippen LogP contribution is 2.50. The van der Waals surface area contributed by atoms with E-state index in [1.807, 2.05) is 27.9 Å². The molecule has 36 nitrogen and oxygen atoms in total. The maximum Gasteiger partial charge on any atom is 0.430 e. The zero-order valence-corrected chi connectivity index (χ0v) is 66.5. The molecular weight excluding hydrogens is 1610 g/mol. The predicted octanol–water partition coefficient (Wildman–Crippen LogP) is 0.703. The van der Waals surface area contributed by atoms with Gasteiger partial charge in [0.05, 0.1) is 68.5 Å². The SMILES string of the molecule is CCCC[N+](C)(C)CCCNC(=O)[C@H]1NC(=O)[C@H]2NC(=O)[C@H](NC(=O)[C@@H]3NC(=O)[C@H](CC(N)=O)NC(=O)[C@H](NC(=O)[C@@H](CC(C)C)NC)[C@H](O)c4ccc(c(Cl)c4)Oc4cc3cc(c4O[C@@H]3O[C@H](CO)[C@@H](O)[C@H](O)[C@H]3O[C@H]3C[C@](C)(N)[C@H](O)[C@H](C)O3)Oc3ccc(cc3Cl)[C@H]2O)c2ccc(O)c(c2)-c2c(O)cc(O)cc21.O=C([O-])C(F)(F)F. The summed E-state index contributed by atoms with van der Waals surface area (Å²) in [5.74, 6) is -17.4. The lowest BCUT2D eigenvalue weighted by atomic mass is 9.86. The number of benzene rings is 5. The standard InChI is InChI=1S/C75H95Cl2N11O23.C2HF3O2/c1-9-10-19-88(7,8)20-11-18-81-69(101)57-40-27-38(90)28-46(92)54(40)39-22-34(12-15-45(39)91)55-70(102)87-59(73(105)85-57)61(95)36-14-17-48(42(77)24-36)108-50-26-37-25-49(64(50)111-74-65(63(97)62(96)51(31-89)109-74)110-53-30-75(5,79)66(98)33(4)106-53)107-47-16-13-35(23-41(47)76)60(94)58(86-67(99)43(80-6)21-32(2)3)72(104)82-44(29-52(78)93)68(100)83-56(37)71(103)84-55;3-2(4,5)1(6)7/h12-17,22-28,32-33,43-44,51,53,55-63,65-66,74,80,89,94-98H,9-11,18-21,29-31,79H2,1-8H3,(H11-,78,81,82,83,84,85,86,87,90,91,92,93,99,100,101,102,103,104,105);(H,6,7)/t33-,43+,44-,51+,53-,55+,56+,57-,58+,59-,60+,61+,62+,63-,65+,66+,74-,75-;/m0./s1. The summed E-state index contributed by atoms with van der Waals surface area (Å²) < 4.78 is 70.8. The molecule has 11 bridgehead atoms. The van der Waals surface area contributed by atoms with Gasteiger partial charge in [0.2, 0.25) is 59.3 Å². The highest BCUT2D eigenvalue weighted by molar-refractivity contribution is 6.32. The van der Waals surface area contributed by atoms with Gasteiger partial charge in [-0.3, -0.25) is 38.4 Å². The van der Waals surface area contributed by atoms with Crippen molar-refractivity contribution in [1.29, 1.82) is 0 Å². The van der Waals surface area contributed by atoms with Crippen LogP contribution in [-0.2, 0) is 57.4 Å². The number of quaternary nitrogens is 1. The number of phenolic OH excluding ortho intramolecular Hbond substituents is 3. The number of alkyl halides is 3. The normalized spacial score (nSPS) is 27.0. The average molecular weight is 1700 g/mol. The molecule has 7 heterocycles.